The average molecular weight is 446 g/mol. The van der Waals surface area contributed by atoms with Crippen LogP contribution in [0.2, 0.25) is 0 Å². The Bertz CT molecular complexity index is 1210. The van der Waals surface area contributed by atoms with Gasteiger partial charge in [-0.05, 0) is 19.4 Å². The van der Waals surface area contributed by atoms with Crippen LogP contribution in [0.25, 0.3) is 5.76 Å². The minimum absolute atomic E-state index is 0.372. The lowest BCUT2D eigenvalue weighted by molar-refractivity contribution is -0.386. The summed E-state index contributed by atoms with van der Waals surface area (Å²) < 4.78 is 0. The highest BCUT2D eigenvalue weighted by molar-refractivity contribution is 6.22. The predicted octanol–water partition coefficient (Wildman–Crippen LogP) is -0.00290. The zero-order valence-corrected chi connectivity index (χ0v) is 16.5. The van der Waals surface area contributed by atoms with Crippen LogP contribution in [0.5, 0.6) is 5.75 Å². The lowest BCUT2D eigenvalue weighted by Crippen LogP contribution is -2.60. The number of nitrogens with two attached hydrogens (primary N) is 1. The molecule has 168 valence electrons. The number of aliphatic hydroxyl groups is 4. The Morgan fingerprint density at radius 1 is 1.22 bits per heavy atom. The molecular formula is C20H18N2O10. The standard InChI is InChI=1S/C20H18N2O10/c1-19(29)7-4-6-5-10(24)13(18(21)28)17(27)20(6,30)16(26)11(7)15(25)12-9(23)3-2-8(14(12)19)22(31)32/h2-3,6-7,23,25,27,29-30H,4-5H2,1H3,(H2,21,28)/t6-,7-,19+,20-/m0/s1. The molecule has 0 unspecified atom stereocenters. The van der Waals surface area contributed by atoms with Gasteiger partial charge in [0.05, 0.1) is 16.1 Å². The Hall–Kier alpha value is -3.77. The highest BCUT2D eigenvalue weighted by Gasteiger charge is 2.64. The summed E-state index contributed by atoms with van der Waals surface area (Å²) in [5, 5.41) is 65.6. The maximum Gasteiger partial charge on any atom is 0.276 e. The number of phenols is 1. The van der Waals surface area contributed by atoms with Gasteiger partial charge in [-0.2, -0.15) is 0 Å². The number of primary amides is 1. The molecule has 3 aliphatic rings. The molecule has 1 fully saturated rings. The van der Waals surface area contributed by atoms with Gasteiger partial charge < -0.3 is 31.3 Å². The van der Waals surface area contributed by atoms with Crippen LogP contribution < -0.4 is 5.73 Å². The number of rotatable bonds is 2. The highest BCUT2D eigenvalue weighted by atomic mass is 16.6. The largest absolute Gasteiger partial charge is 0.508 e. The fourth-order valence-corrected chi connectivity index (χ4v) is 5.13. The number of benzene rings is 1. The second kappa shape index (κ2) is 6.37. The molecule has 0 spiro atoms. The number of hydrogen-bond donors (Lipinski definition) is 6. The summed E-state index contributed by atoms with van der Waals surface area (Å²) >= 11 is 0. The van der Waals surface area contributed by atoms with Crippen LogP contribution in [0.4, 0.5) is 5.69 Å². The molecule has 0 saturated heterocycles. The van der Waals surface area contributed by atoms with E-state index in [4.69, 9.17) is 5.73 Å². The Morgan fingerprint density at radius 3 is 2.41 bits per heavy atom. The van der Waals surface area contributed by atoms with E-state index in [1.807, 2.05) is 0 Å². The Kier molecular flexibility index (Phi) is 4.27. The van der Waals surface area contributed by atoms with Crippen molar-refractivity contribution >= 4 is 28.9 Å². The van der Waals surface area contributed by atoms with Crippen LogP contribution in [0, 0.1) is 22.0 Å². The number of fused-ring (bicyclic) bond motifs is 3. The maximum absolute atomic E-state index is 13.4. The van der Waals surface area contributed by atoms with Crippen molar-refractivity contribution in [3.8, 4) is 5.75 Å². The van der Waals surface area contributed by atoms with E-state index in [0.29, 0.717) is 0 Å². The summed E-state index contributed by atoms with van der Waals surface area (Å²) in [4.78, 5) is 48.1. The first-order chi connectivity index (χ1) is 14.8. The summed E-state index contributed by atoms with van der Waals surface area (Å²) in [6.07, 6.45) is -0.955. The SMILES string of the molecule is C[C@]1(O)c2c([N+](=O)[O-])ccc(O)c2C(O)=C2C(=O)[C@]3(O)C(O)=C(C(N)=O)C(=O)C[C@@H]3C[C@@H]21. The van der Waals surface area contributed by atoms with Crippen LogP contribution in [0.3, 0.4) is 0 Å². The summed E-state index contributed by atoms with van der Waals surface area (Å²) in [5.41, 5.74) is -3.08. The van der Waals surface area contributed by atoms with E-state index in [9.17, 15) is 50.0 Å². The van der Waals surface area contributed by atoms with Crippen LogP contribution in [0.1, 0.15) is 30.9 Å². The smallest absolute Gasteiger partial charge is 0.276 e. The molecule has 4 atom stereocenters. The first-order valence-electron chi connectivity index (χ1n) is 9.46. The molecule has 12 nitrogen and oxygen atoms in total. The molecule has 32 heavy (non-hydrogen) atoms. The summed E-state index contributed by atoms with van der Waals surface area (Å²) in [5.74, 6) is -9.14. The second-order valence-electron chi connectivity index (χ2n) is 8.32. The molecule has 1 saturated carbocycles. The molecule has 0 aliphatic heterocycles. The molecule has 1 aromatic carbocycles. The number of nitro benzene ring substituents is 1. The van der Waals surface area contributed by atoms with Crippen molar-refractivity contribution in [1.29, 1.82) is 0 Å². The minimum atomic E-state index is -2.80. The van der Waals surface area contributed by atoms with Crippen molar-refractivity contribution in [2.24, 2.45) is 17.6 Å². The van der Waals surface area contributed by atoms with Crippen molar-refractivity contribution in [3.63, 3.8) is 0 Å². The first-order valence-corrected chi connectivity index (χ1v) is 9.46. The average Bonchev–Trinajstić information content (AvgIpc) is 2.68. The number of hydrogen-bond acceptors (Lipinski definition) is 10. The van der Waals surface area contributed by atoms with Crippen LogP contribution >= 0.6 is 0 Å². The Morgan fingerprint density at radius 2 is 1.84 bits per heavy atom. The number of carbonyl (C=O) groups excluding carboxylic acids is 3. The number of carbonyl (C=O) groups is 3. The summed E-state index contributed by atoms with van der Waals surface area (Å²) in [7, 11) is 0. The number of aromatic hydroxyl groups is 1. The fraction of sp³-hybridized carbons (Fsp3) is 0.350. The van der Waals surface area contributed by atoms with Crippen molar-refractivity contribution in [2.75, 3.05) is 0 Å². The number of phenolic OH excluding ortho intramolecular Hbond substituents is 1. The number of amides is 1. The minimum Gasteiger partial charge on any atom is -0.508 e. The first kappa shape index (κ1) is 21.5. The van der Waals surface area contributed by atoms with Crippen LogP contribution in [-0.4, -0.2) is 53.5 Å². The summed E-state index contributed by atoms with van der Waals surface area (Å²) in [6.45, 7) is 1.14. The van der Waals surface area contributed by atoms with Gasteiger partial charge in [0.15, 0.2) is 11.4 Å². The lowest BCUT2D eigenvalue weighted by atomic mass is 9.55. The highest BCUT2D eigenvalue weighted by Crippen LogP contribution is 2.58. The Balaban J connectivity index is 2.05. The van der Waals surface area contributed by atoms with Gasteiger partial charge in [0.2, 0.25) is 5.78 Å². The van der Waals surface area contributed by atoms with E-state index in [-0.39, 0.29) is 6.42 Å². The molecule has 4 rings (SSSR count). The van der Waals surface area contributed by atoms with Gasteiger partial charge in [0.25, 0.3) is 11.6 Å². The van der Waals surface area contributed by atoms with Gasteiger partial charge in [-0.3, -0.25) is 24.5 Å². The molecule has 0 aromatic heterocycles. The van der Waals surface area contributed by atoms with E-state index in [1.54, 1.807) is 0 Å². The lowest BCUT2D eigenvalue weighted by Gasteiger charge is -2.49. The molecule has 1 amide bonds. The monoisotopic (exact) mass is 446 g/mol. The molecular weight excluding hydrogens is 428 g/mol. The van der Waals surface area contributed by atoms with Gasteiger partial charge in [-0.25, -0.2) is 0 Å². The van der Waals surface area contributed by atoms with Crippen LogP contribution in [0.15, 0.2) is 29.0 Å². The quantitative estimate of drug-likeness (QED) is 0.203. The van der Waals surface area contributed by atoms with Crippen molar-refractivity contribution < 1.29 is 44.8 Å². The zero-order chi connectivity index (χ0) is 23.9. The normalized spacial score (nSPS) is 31.7. The van der Waals surface area contributed by atoms with Gasteiger partial charge in [-0.1, -0.05) is 0 Å². The third-order valence-electron chi connectivity index (χ3n) is 6.64. The van der Waals surface area contributed by atoms with Gasteiger partial charge >= 0.3 is 0 Å². The second-order valence-corrected chi connectivity index (χ2v) is 8.32. The third kappa shape index (κ3) is 2.41. The van der Waals surface area contributed by atoms with E-state index >= 15 is 0 Å². The van der Waals surface area contributed by atoms with E-state index in [2.05, 4.69) is 0 Å². The molecule has 0 radical (unpaired) electrons. The van der Waals surface area contributed by atoms with E-state index in [0.717, 1.165) is 19.1 Å². The molecule has 12 heteroatoms. The molecule has 0 bridgehead atoms. The Labute approximate surface area is 179 Å². The molecule has 7 N–H and O–H groups in total. The van der Waals surface area contributed by atoms with Gasteiger partial charge in [0, 0.05) is 29.9 Å². The van der Waals surface area contributed by atoms with Crippen LogP contribution in [-0.2, 0) is 20.0 Å². The van der Waals surface area contributed by atoms with Crippen molar-refractivity contribution in [3.05, 3.63) is 50.3 Å². The van der Waals surface area contributed by atoms with E-state index < -0.39 is 97.1 Å². The number of nitro groups is 1. The van der Waals surface area contributed by atoms with Gasteiger partial charge in [-0.15, -0.1) is 0 Å². The topological polar surface area (TPSA) is 222 Å². The predicted molar refractivity (Wildman–Crippen MR) is 104 cm³/mol. The van der Waals surface area contributed by atoms with Crippen molar-refractivity contribution in [1.82, 2.24) is 0 Å². The molecule has 1 aromatic rings. The summed E-state index contributed by atoms with van der Waals surface area (Å²) in [6, 6.07) is 1.83. The number of Topliss-reactive ketones (excluding diaryl/α,β-unsaturated/α-hetero) is 2. The van der Waals surface area contributed by atoms with Crippen molar-refractivity contribution in [2.45, 2.75) is 31.0 Å². The number of ketones is 2. The molecule has 0 heterocycles. The molecule has 3 aliphatic carbocycles. The van der Waals surface area contributed by atoms with E-state index in [1.165, 1.54) is 0 Å². The third-order valence-corrected chi connectivity index (χ3v) is 6.64. The maximum atomic E-state index is 13.4. The number of nitrogens with zero attached hydrogens (tertiary/aromatic N) is 1. The fourth-order valence-electron chi connectivity index (χ4n) is 5.13. The zero-order valence-electron chi connectivity index (χ0n) is 16.5. The van der Waals surface area contributed by atoms with Gasteiger partial charge in [0.1, 0.15) is 28.4 Å². The number of aliphatic hydroxyl groups excluding tert-OH is 2.